The van der Waals surface area contributed by atoms with Crippen molar-refractivity contribution in [2.45, 2.75) is 44.4 Å². The second-order valence-corrected chi connectivity index (χ2v) is 8.55. The molecule has 4 rings (SSSR count). The number of aromatic nitrogens is 2. The van der Waals surface area contributed by atoms with Crippen LogP contribution in [-0.2, 0) is 0 Å². The fraction of sp³-hybridized carbons (Fsp3) is 0.565. The zero-order valence-corrected chi connectivity index (χ0v) is 18.2. The topological polar surface area (TPSA) is 84.8 Å². The van der Waals surface area contributed by atoms with Crippen molar-refractivity contribution in [2.24, 2.45) is 0 Å². The van der Waals surface area contributed by atoms with E-state index < -0.39 is 12.3 Å². The van der Waals surface area contributed by atoms with Gasteiger partial charge in [-0.25, -0.2) is 14.4 Å². The summed E-state index contributed by atoms with van der Waals surface area (Å²) in [5.74, 6) is 0.718. The number of likely N-dealkylation sites (N-methyl/N-ethyl adjacent to an activating group) is 1. The summed E-state index contributed by atoms with van der Waals surface area (Å²) in [7, 11) is 0. The van der Waals surface area contributed by atoms with Crippen molar-refractivity contribution in [2.75, 3.05) is 44.2 Å². The standard InChI is InChI=1S/C23H32FN5O2/c1-3-25-13-18(16-4-6-17(24)7-5-16)23(31)29-10-8-28(9-11-29)22-20-15(2)12-19(30)21(20)26-14-27-22/h4-7,14-15,18-19,23,25,30-31H,3,8-13H2,1-2H3/t15-,18?,19-,23?/m1/s1. The lowest BCUT2D eigenvalue weighted by Gasteiger charge is -2.41. The van der Waals surface area contributed by atoms with Crippen LogP contribution in [0.5, 0.6) is 0 Å². The van der Waals surface area contributed by atoms with Gasteiger partial charge in [0.1, 0.15) is 24.2 Å². The minimum absolute atomic E-state index is 0.148. The van der Waals surface area contributed by atoms with Crippen molar-refractivity contribution in [3.63, 3.8) is 0 Å². The third-order valence-corrected chi connectivity index (χ3v) is 6.54. The highest BCUT2D eigenvalue weighted by molar-refractivity contribution is 5.53. The normalized spacial score (nSPS) is 23.6. The SMILES string of the molecule is CCNCC(c1ccc(F)cc1)C(O)N1CCN(c2ncnc3c2[C@H](C)C[C@H]3O)CC1. The monoisotopic (exact) mass is 429 g/mol. The summed E-state index contributed by atoms with van der Waals surface area (Å²) in [6.45, 7) is 8.43. The van der Waals surface area contributed by atoms with Crippen molar-refractivity contribution in [1.29, 1.82) is 0 Å². The lowest BCUT2D eigenvalue weighted by Crippen LogP contribution is -2.53. The third-order valence-electron chi connectivity index (χ3n) is 6.54. The molecule has 0 spiro atoms. The van der Waals surface area contributed by atoms with Crippen LogP contribution in [-0.4, -0.2) is 70.6 Å². The predicted molar refractivity (Wildman–Crippen MR) is 118 cm³/mol. The summed E-state index contributed by atoms with van der Waals surface area (Å²) in [4.78, 5) is 13.2. The third kappa shape index (κ3) is 4.57. The van der Waals surface area contributed by atoms with E-state index in [1.807, 2.05) is 6.92 Å². The van der Waals surface area contributed by atoms with Crippen molar-refractivity contribution in [1.82, 2.24) is 20.2 Å². The molecule has 2 aromatic rings. The van der Waals surface area contributed by atoms with E-state index in [0.29, 0.717) is 26.1 Å². The van der Waals surface area contributed by atoms with E-state index in [4.69, 9.17) is 0 Å². The predicted octanol–water partition coefficient (Wildman–Crippen LogP) is 1.99. The molecule has 0 saturated carbocycles. The number of aliphatic hydroxyl groups excluding tert-OH is 2. The van der Waals surface area contributed by atoms with E-state index >= 15 is 0 Å². The highest BCUT2D eigenvalue weighted by Gasteiger charge is 2.35. The summed E-state index contributed by atoms with van der Waals surface area (Å²) in [6, 6.07) is 6.41. The molecule has 0 bridgehead atoms. The Balaban J connectivity index is 1.46. The first-order chi connectivity index (χ1) is 15.0. The van der Waals surface area contributed by atoms with Crippen LogP contribution in [0.15, 0.2) is 30.6 Å². The molecule has 1 aliphatic heterocycles. The number of aliphatic hydroxyl groups is 2. The van der Waals surface area contributed by atoms with Gasteiger partial charge in [0.2, 0.25) is 0 Å². The van der Waals surface area contributed by atoms with Crippen LogP contribution in [0.1, 0.15) is 55.0 Å². The van der Waals surface area contributed by atoms with Gasteiger partial charge >= 0.3 is 0 Å². The molecule has 2 unspecified atom stereocenters. The van der Waals surface area contributed by atoms with E-state index in [9.17, 15) is 14.6 Å². The fourth-order valence-corrected chi connectivity index (χ4v) is 4.81. The van der Waals surface area contributed by atoms with E-state index in [-0.39, 0.29) is 17.7 Å². The highest BCUT2D eigenvalue weighted by atomic mass is 19.1. The highest BCUT2D eigenvalue weighted by Crippen LogP contribution is 2.42. The Hall–Kier alpha value is -2.13. The van der Waals surface area contributed by atoms with Crippen LogP contribution in [0.4, 0.5) is 10.2 Å². The number of hydrogen-bond donors (Lipinski definition) is 3. The molecule has 168 valence electrons. The van der Waals surface area contributed by atoms with Crippen LogP contribution >= 0.6 is 0 Å². The molecule has 0 amide bonds. The summed E-state index contributed by atoms with van der Waals surface area (Å²) in [5.41, 5.74) is 2.73. The number of nitrogens with zero attached hydrogens (tertiary/aromatic N) is 4. The molecule has 1 aromatic carbocycles. The molecule has 4 atom stereocenters. The minimum atomic E-state index is -0.663. The number of piperazine rings is 1. The molecule has 1 saturated heterocycles. The van der Waals surface area contributed by atoms with Gasteiger partial charge < -0.3 is 20.4 Å². The van der Waals surface area contributed by atoms with Crippen LogP contribution < -0.4 is 10.2 Å². The van der Waals surface area contributed by atoms with Crippen LogP contribution in [0, 0.1) is 5.82 Å². The van der Waals surface area contributed by atoms with Crippen molar-refractivity contribution in [3.05, 3.63) is 53.2 Å². The van der Waals surface area contributed by atoms with Gasteiger partial charge in [0.15, 0.2) is 0 Å². The van der Waals surface area contributed by atoms with Gasteiger partial charge in [0, 0.05) is 44.2 Å². The second-order valence-electron chi connectivity index (χ2n) is 8.55. The maximum atomic E-state index is 13.4. The van der Waals surface area contributed by atoms with Crippen molar-refractivity contribution in [3.8, 4) is 0 Å². The molecule has 1 fully saturated rings. The van der Waals surface area contributed by atoms with E-state index in [2.05, 4.69) is 32.0 Å². The average molecular weight is 430 g/mol. The zero-order chi connectivity index (χ0) is 22.0. The molecule has 31 heavy (non-hydrogen) atoms. The summed E-state index contributed by atoms with van der Waals surface area (Å²) < 4.78 is 13.4. The van der Waals surface area contributed by atoms with E-state index in [0.717, 1.165) is 42.3 Å². The molecule has 2 heterocycles. The average Bonchev–Trinajstić information content (AvgIpc) is 3.09. The number of anilines is 1. The first-order valence-corrected chi connectivity index (χ1v) is 11.2. The minimum Gasteiger partial charge on any atom is -0.387 e. The van der Waals surface area contributed by atoms with Gasteiger partial charge in [-0.3, -0.25) is 4.90 Å². The Bertz CT molecular complexity index is 873. The number of hydrogen-bond acceptors (Lipinski definition) is 7. The molecule has 2 aliphatic rings. The number of halogens is 1. The van der Waals surface area contributed by atoms with E-state index in [1.165, 1.54) is 18.5 Å². The lowest BCUT2D eigenvalue weighted by molar-refractivity contribution is -0.0198. The Kier molecular flexibility index (Phi) is 6.81. The lowest BCUT2D eigenvalue weighted by atomic mass is 9.95. The maximum absolute atomic E-state index is 13.4. The van der Waals surface area contributed by atoms with Crippen LogP contribution in [0.25, 0.3) is 0 Å². The molecule has 7 nitrogen and oxygen atoms in total. The van der Waals surface area contributed by atoms with Crippen LogP contribution in [0.2, 0.25) is 0 Å². The Morgan fingerprint density at radius 2 is 1.87 bits per heavy atom. The number of fused-ring (bicyclic) bond motifs is 1. The summed E-state index contributed by atoms with van der Waals surface area (Å²) >= 11 is 0. The molecule has 1 aromatic heterocycles. The van der Waals surface area contributed by atoms with Gasteiger partial charge in [0.05, 0.1) is 11.8 Å². The molecule has 1 aliphatic carbocycles. The quantitative estimate of drug-likeness (QED) is 0.621. The largest absolute Gasteiger partial charge is 0.387 e. The number of benzene rings is 1. The second kappa shape index (κ2) is 9.56. The maximum Gasteiger partial charge on any atom is 0.135 e. The van der Waals surface area contributed by atoms with Gasteiger partial charge in [-0.15, -0.1) is 0 Å². The van der Waals surface area contributed by atoms with Gasteiger partial charge in [-0.1, -0.05) is 26.0 Å². The van der Waals surface area contributed by atoms with Crippen LogP contribution in [0.3, 0.4) is 0 Å². The molecule has 0 radical (unpaired) electrons. The Labute approximate surface area is 182 Å². The summed E-state index contributed by atoms with van der Waals surface area (Å²) in [5, 5.41) is 24.8. The molecule has 8 heteroatoms. The first kappa shape index (κ1) is 22.1. The van der Waals surface area contributed by atoms with Gasteiger partial charge in [-0.2, -0.15) is 0 Å². The zero-order valence-electron chi connectivity index (χ0n) is 18.2. The van der Waals surface area contributed by atoms with Gasteiger partial charge in [-0.05, 0) is 36.6 Å². The molecule has 3 N–H and O–H groups in total. The van der Waals surface area contributed by atoms with E-state index in [1.54, 1.807) is 12.1 Å². The molecular formula is C23H32FN5O2. The van der Waals surface area contributed by atoms with Crippen molar-refractivity contribution >= 4 is 5.82 Å². The number of rotatable bonds is 7. The first-order valence-electron chi connectivity index (χ1n) is 11.2. The summed E-state index contributed by atoms with van der Waals surface area (Å²) in [6.07, 6.45) is 1.04. The Morgan fingerprint density at radius 3 is 2.55 bits per heavy atom. The van der Waals surface area contributed by atoms with Gasteiger partial charge in [0.25, 0.3) is 0 Å². The van der Waals surface area contributed by atoms with Crippen molar-refractivity contribution < 1.29 is 14.6 Å². The fourth-order valence-electron chi connectivity index (χ4n) is 4.81. The Morgan fingerprint density at radius 1 is 1.16 bits per heavy atom. The smallest absolute Gasteiger partial charge is 0.135 e. The number of nitrogens with one attached hydrogen (secondary N) is 1. The molecular weight excluding hydrogens is 397 g/mol.